The molecule has 3 heterocycles. The zero-order valence-corrected chi connectivity index (χ0v) is 19.3. The summed E-state index contributed by atoms with van der Waals surface area (Å²) in [5, 5.41) is 8.26. The lowest BCUT2D eigenvalue weighted by Crippen LogP contribution is -2.43. The predicted octanol–water partition coefficient (Wildman–Crippen LogP) is 3.85. The standard InChI is InChI=1S/C21H23FN4O4S2/c1-3-18-24-20(25-30-18)15-9-19(31-12-15)32(28,29)26-8-4-5-14(11-26)21(27)23-16-7-6-13(2)17(22)10-16/h6-7,9-10,12,14H,3-5,8,11H2,1-2H3,(H,23,27). The van der Waals surface area contributed by atoms with Crippen LogP contribution in [0.3, 0.4) is 0 Å². The van der Waals surface area contributed by atoms with Crippen LogP contribution in [0, 0.1) is 18.7 Å². The maximum Gasteiger partial charge on any atom is 0.252 e. The lowest BCUT2D eigenvalue weighted by Gasteiger charge is -2.30. The van der Waals surface area contributed by atoms with Crippen LogP contribution in [0.5, 0.6) is 0 Å². The number of amides is 1. The zero-order chi connectivity index (χ0) is 22.9. The topological polar surface area (TPSA) is 105 Å². The molecule has 0 saturated carbocycles. The van der Waals surface area contributed by atoms with E-state index in [1.165, 1.54) is 16.4 Å². The van der Waals surface area contributed by atoms with Gasteiger partial charge in [0.2, 0.25) is 17.6 Å². The number of hydrogen-bond acceptors (Lipinski definition) is 7. The summed E-state index contributed by atoms with van der Waals surface area (Å²) in [4.78, 5) is 16.9. The lowest BCUT2D eigenvalue weighted by molar-refractivity contribution is -0.120. The van der Waals surface area contributed by atoms with E-state index in [-0.39, 0.29) is 16.7 Å². The summed E-state index contributed by atoms with van der Waals surface area (Å²) < 4.78 is 46.8. The van der Waals surface area contributed by atoms with E-state index < -0.39 is 21.8 Å². The second-order valence-corrected chi connectivity index (χ2v) is 10.8. The fourth-order valence-corrected chi connectivity index (χ4v) is 6.34. The number of halogens is 1. The molecule has 32 heavy (non-hydrogen) atoms. The maximum absolute atomic E-state index is 13.8. The number of piperidine rings is 1. The van der Waals surface area contributed by atoms with Gasteiger partial charge >= 0.3 is 0 Å². The Morgan fingerprint density at radius 3 is 2.91 bits per heavy atom. The molecule has 1 N–H and O–H groups in total. The van der Waals surface area contributed by atoms with Gasteiger partial charge in [-0.2, -0.15) is 9.29 Å². The zero-order valence-electron chi connectivity index (χ0n) is 17.7. The predicted molar refractivity (Wildman–Crippen MR) is 118 cm³/mol. The van der Waals surface area contributed by atoms with E-state index in [4.69, 9.17) is 4.52 Å². The molecule has 2 aromatic heterocycles. The average Bonchev–Trinajstić information content (AvgIpc) is 3.46. The van der Waals surface area contributed by atoms with E-state index in [0.29, 0.717) is 54.3 Å². The Balaban J connectivity index is 1.47. The van der Waals surface area contributed by atoms with Crippen LogP contribution >= 0.6 is 11.3 Å². The van der Waals surface area contributed by atoms with Crippen molar-refractivity contribution in [3.8, 4) is 11.4 Å². The molecule has 1 amide bonds. The summed E-state index contributed by atoms with van der Waals surface area (Å²) in [6.45, 7) is 3.93. The Morgan fingerprint density at radius 2 is 2.19 bits per heavy atom. The Morgan fingerprint density at radius 1 is 1.38 bits per heavy atom. The number of carbonyl (C=O) groups is 1. The fourth-order valence-electron chi connectivity index (χ4n) is 3.50. The molecule has 3 aromatic rings. The van der Waals surface area contributed by atoms with E-state index in [0.717, 1.165) is 11.3 Å². The van der Waals surface area contributed by atoms with Crippen molar-refractivity contribution in [2.45, 2.75) is 37.3 Å². The van der Waals surface area contributed by atoms with Crippen LogP contribution in [0.1, 0.15) is 31.2 Å². The summed E-state index contributed by atoms with van der Waals surface area (Å²) in [5.41, 5.74) is 1.41. The third kappa shape index (κ3) is 4.59. The molecule has 1 aromatic carbocycles. The molecule has 1 aliphatic rings. The minimum Gasteiger partial charge on any atom is -0.339 e. The molecule has 1 aliphatic heterocycles. The first kappa shape index (κ1) is 22.6. The van der Waals surface area contributed by atoms with Gasteiger partial charge in [-0.1, -0.05) is 18.1 Å². The molecule has 11 heteroatoms. The largest absolute Gasteiger partial charge is 0.339 e. The monoisotopic (exact) mass is 478 g/mol. The van der Waals surface area contributed by atoms with E-state index in [1.807, 2.05) is 6.92 Å². The van der Waals surface area contributed by atoms with Crippen molar-refractivity contribution in [3.63, 3.8) is 0 Å². The summed E-state index contributed by atoms with van der Waals surface area (Å²) in [6.07, 6.45) is 1.71. The molecular formula is C21H23FN4O4S2. The summed E-state index contributed by atoms with van der Waals surface area (Å²) in [5.74, 6) is -0.419. The van der Waals surface area contributed by atoms with Crippen molar-refractivity contribution < 1.29 is 22.1 Å². The SMILES string of the molecule is CCc1nc(-c2csc(S(=O)(=O)N3CCCC(C(=O)Nc4ccc(C)c(F)c4)C3)c2)no1. The number of aryl methyl sites for hydroxylation is 2. The van der Waals surface area contributed by atoms with Crippen LogP contribution in [0.4, 0.5) is 10.1 Å². The van der Waals surface area contributed by atoms with Crippen LogP contribution in [-0.4, -0.2) is 41.9 Å². The smallest absolute Gasteiger partial charge is 0.252 e. The minimum absolute atomic E-state index is 0.0674. The van der Waals surface area contributed by atoms with Crippen molar-refractivity contribution in [3.05, 3.63) is 46.9 Å². The van der Waals surface area contributed by atoms with E-state index in [2.05, 4.69) is 15.5 Å². The average molecular weight is 479 g/mol. The van der Waals surface area contributed by atoms with E-state index in [9.17, 15) is 17.6 Å². The third-order valence-corrected chi connectivity index (χ3v) is 8.67. The van der Waals surface area contributed by atoms with Crippen molar-refractivity contribution in [1.82, 2.24) is 14.4 Å². The highest BCUT2D eigenvalue weighted by molar-refractivity contribution is 7.91. The highest BCUT2D eigenvalue weighted by Gasteiger charge is 2.34. The molecule has 0 aliphatic carbocycles. The van der Waals surface area contributed by atoms with Gasteiger partial charge in [0.25, 0.3) is 10.0 Å². The second kappa shape index (κ2) is 9.08. The molecule has 1 unspecified atom stereocenters. The number of benzene rings is 1. The Labute approximate surface area is 189 Å². The fraction of sp³-hybridized carbons (Fsp3) is 0.381. The van der Waals surface area contributed by atoms with Gasteiger partial charge < -0.3 is 9.84 Å². The highest BCUT2D eigenvalue weighted by Crippen LogP contribution is 2.31. The summed E-state index contributed by atoms with van der Waals surface area (Å²) in [6, 6.07) is 6.01. The molecule has 1 atom stereocenters. The number of anilines is 1. The first-order chi connectivity index (χ1) is 15.3. The van der Waals surface area contributed by atoms with Crippen molar-refractivity contribution in [1.29, 1.82) is 0 Å². The van der Waals surface area contributed by atoms with Gasteiger partial charge in [-0.05, 0) is 43.5 Å². The molecule has 1 fully saturated rings. The molecule has 0 bridgehead atoms. The van der Waals surface area contributed by atoms with Crippen LogP contribution in [-0.2, 0) is 21.2 Å². The third-order valence-electron chi connectivity index (χ3n) is 5.39. The van der Waals surface area contributed by atoms with Gasteiger partial charge in [0.15, 0.2) is 0 Å². The molecule has 8 nitrogen and oxygen atoms in total. The highest BCUT2D eigenvalue weighted by atomic mass is 32.2. The number of thiophene rings is 1. The Kier molecular flexibility index (Phi) is 6.40. The van der Waals surface area contributed by atoms with Gasteiger partial charge in [-0.15, -0.1) is 11.3 Å². The van der Waals surface area contributed by atoms with Crippen molar-refractivity contribution >= 4 is 33.0 Å². The summed E-state index contributed by atoms with van der Waals surface area (Å²) >= 11 is 1.08. The quantitative estimate of drug-likeness (QED) is 0.577. The Hall–Kier alpha value is -2.63. The molecule has 0 spiro atoms. The number of sulfonamides is 1. The van der Waals surface area contributed by atoms with Crippen LogP contribution in [0.2, 0.25) is 0 Å². The van der Waals surface area contributed by atoms with Gasteiger partial charge in [-0.3, -0.25) is 4.79 Å². The number of nitrogens with zero attached hydrogens (tertiary/aromatic N) is 3. The number of rotatable bonds is 6. The van der Waals surface area contributed by atoms with Crippen LogP contribution in [0.25, 0.3) is 11.4 Å². The number of carbonyl (C=O) groups excluding carboxylic acids is 1. The van der Waals surface area contributed by atoms with Crippen LogP contribution < -0.4 is 5.32 Å². The molecule has 0 radical (unpaired) electrons. The first-order valence-corrected chi connectivity index (χ1v) is 12.6. The maximum atomic E-state index is 13.8. The van der Waals surface area contributed by atoms with E-state index in [1.54, 1.807) is 24.4 Å². The van der Waals surface area contributed by atoms with Gasteiger partial charge in [-0.25, -0.2) is 12.8 Å². The molecular weight excluding hydrogens is 455 g/mol. The second-order valence-electron chi connectivity index (χ2n) is 7.68. The van der Waals surface area contributed by atoms with Crippen molar-refractivity contribution in [2.24, 2.45) is 5.92 Å². The van der Waals surface area contributed by atoms with Gasteiger partial charge in [0.1, 0.15) is 10.0 Å². The molecule has 1 saturated heterocycles. The van der Waals surface area contributed by atoms with Gasteiger partial charge in [0, 0.05) is 36.1 Å². The number of aromatic nitrogens is 2. The molecule has 4 rings (SSSR count). The number of hydrogen-bond donors (Lipinski definition) is 1. The van der Waals surface area contributed by atoms with Gasteiger partial charge in [0.05, 0.1) is 5.92 Å². The normalized spacial score (nSPS) is 17.4. The lowest BCUT2D eigenvalue weighted by atomic mass is 9.98. The summed E-state index contributed by atoms with van der Waals surface area (Å²) in [7, 11) is -3.77. The van der Waals surface area contributed by atoms with E-state index >= 15 is 0 Å². The Bertz CT molecular complexity index is 1240. The minimum atomic E-state index is -3.77. The molecule has 170 valence electrons. The number of nitrogens with one attached hydrogen (secondary N) is 1. The first-order valence-electron chi connectivity index (χ1n) is 10.3. The van der Waals surface area contributed by atoms with Crippen molar-refractivity contribution in [2.75, 3.05) is 18.4 Å². The van der Waals surface area contributed by atoms with Crippen LogP contribution in [0.15, 0.2) is 38.4 Å².